The summed E-state index contributed by atoms with van der Waals surface area (Å²) in [6.07, 6.45) is 7.10. The van der Waals surface area contributed by atoms with E-state index in [9.17, 15) is 0 Å². The summed E-state index contributed by atoms with van der Waals surface area (Å²) in [5, 5.41) is 2.53. The van der Waals surface area contributed by atoms with E-state index in [-0.39, 0.29) is 0 Å². The summed E-state index contributed by atoms with van der Waals surface area (Å²) in [4.78, 5) is 19.0. The lowest BCUT2D eigenvalue weighted by Gasteiger charge is -2.34. The highest BCUT2D eigenvalue weighted by atomic mass is 14.8. The molecule has 5 aromatic carbocycles. The number of hydrogen-bond donors (Lipinski definition) is 0. The molecule has 4 aromatic heterocycles. The number of rotatable bonds is 8. The highest BCUT2D eigenvalue weighted by Gasteiger charge is 2.47. The van der Waals surface area contributed by atoms with Crippen molar-refractivity contribution < 1.29 is 0 Å². The van der Waals surface area contributed by atoms with Gasteiger partial charge in [-0.1, -0.05) is 133 Å². The fourth-order valence-electron chi connectivity index (χ4n) is 8.58. The van der Waals surface area contributed by atoms with Crippen molar-refractivity contribution in [2.45, 2.75) is 18.3 Å². The zero-order valence-electron chi connectivity index (χ0n) is 30.2. The lowest BCUT2D eigenvalue weighted by Crippen LogP contribution is -2.29. The van der Waals surface area contributed by atoms with Crippen LogP contribution in [0.15, 0.2) is 195 Å². The molecule has 0 aliphatic heterocycles. The third kappa shape index (κ3) is 5.71. The Balaban J connectivity index is 1.16. The van der Waals surface area contributed by atoms with Gasteiger partial charge in [0, 0.05) is 30.7 Å². The fraction of sp³-hybridized carbons (Fsp3) is 0.0588. The van der Waals surface area contributed by atoms with Crippen molar-refractivity contribution in [3.8, 4) is 33.9 Å². The fourth-order valence-corrected chi connectivity index (χ4v) is 8.58. The number of aromatic nitrogens is 4. The second-order valence-corrected chi connectivity index (χ2v) is 14.2. The zero-order valence-corrected chi connectivity index (χ0v) is 30.2. The second kappa shape index (κ2) is 13.7. The van der Waals surface area contributed by atoms with Gasteiger partial charge in [-0.2, -0.15) is 0 Å². The Labute approximate surface area is 320 Å². The highest BCUT2D eigenvalue weighted by Crippen LogP contribution is 2.58. The first kappa shape index (κ1) is 32.6. The predicted molar refractivity (Wildman–Crippen MR) is 222 cm³/mol. The van der Waals surface area contributed by atoms with Gasteiger partial charge in [-0.05, 0) is 110 Å². The minimum absolute atomic E-state index is 0.549. The Morgan fingerprint density at radius 3 is 1.71 bits per heavy atom. The largest absolute Gasteiger partial charge is 0.255 e. The monoisotopic (exact) mass is 704 g/mol. The normalized spacial score (nSPS) is 12.7. The lowest BCUT2D eigenvalue weighted by atomic mass is 9.67. The van der Waals surface area contributed by atoms with Gasteiger partial charge in [0.05, 0.1) is 28.2 Å². The van der Waals surface area contributed by atoms with Crippen molar-refractivity contribution in [3.05, 3.63) is 239 Å². The van der Waals surface area contributed by atoms with E-state index in [1.807, 2.05) is 61.1 Å². The summed E-state index contributed by atoms with van der Waals surface area (Å²) in [6.45, 7) is 0. The lowest BCUT2D eigenvalue weighted by molar-refractivity contribution is 0.766. The van der Waals surface area contributed by atoms with Crippen LogP contribution in [0.5, 0.6) is 0 Å². The van der Waals surface area contributed by atoms with Gasteiger partial charge in [-0.25, -0.2) is 0 Å². The number of fused-ring (bicyclic) bond motifs is 5. The molecule has 4 nitrogen and oxygen atoms in total. The van der Waals surface area contributed by atoms with Crippen molar-refractivity contribution in [2.24, 2.45) is 0 Å². The molecule has 9 aromatic rings. The van der Waals surface area contributed by atoms with Crippen molar-refractivity contribution in [3.63, 3.8) is 0 Å². The molecule has 0 fully saturated rings. The van der Waals surface area contributed by atoms with Crippen LogP contribution in [0.1, 0.15) is 44.6 Å². The number of pyridine rings is 4. The maximum Gasteiger partial charge on any atom is 0.0889 e. The van der Waals surface area contributed by atoms with Crippen LogP contribution in [-0.4, -0.2) is 19.9 Å². The first-order chi connectivity index (χ1) is 27.3. The van der Waals surface area contributed by atoms with Gasteiger partial charge in [-0.15, -0.1) is 0 Å². The topological polar surface area (TPSA) is 51.6 Å². The van der Waals surface area contributed by atoms with E-state index in [2.05, 4.69) is 143 Å². The van der Waals surface area contributed by atoms with Crippen LogP contribution in [0.3, 0.4) is 0 Å². The molecule has 10 rings (SSSR count). The summed E-state index contributed by atoms with van der Waals surface area (Å²) in [7, 11) is 0. The summed E-state index contributed by atoms with van der Waals surface area (Å²) in [5.74, 6) is 0. The van der Waals surface area contributed by atoms with E-state index in [4.69, 9.17) is 9.97 Å². The predicted octanol–water partition coefficient (Wildman–Crippen LogP) is 11.3. The van der Waals surface area contributed by atoms with Crippen LogP contribution in [0.25, 0.3) is 44.7 Å². The van der Waals surface area contributed by atoms with E-state index in [0.29, 0.717) is 6.42 Å². The van der Waals surface area contributed by atoms with Crippen LogP contribution in [0, 0.1) is 0 Å². The smallest absolute Gasteiger partial charge is 0.0889 e. The van der Waals surface area contributed by atoms with Crippen LogP contribution in [0.4, 0.5) is 0 Å². The molecule has 260 valence electrons. The maximum atomic E-state index is 5.07. The number of hydrogen-bond acceptors (Lipinski definition) is 4. The molecule has 0 saturated carbocycles. The molecular formula is C51H36N4. The third-order valence-corrected chi connectivity index (χ3v) is 11.0. The molecule has 0 amide bonds. The second-order valence-electron chi connectivity index (χ2n) is 14.2. The summed E-state index contributed by atoms with van der Waals surface area (Å²) >= 11 is 0. The minimum Gasteiger partial charge on any atom is -0.255 e. The molecule has 0 unspecified atom stereocenters. The quantitative estimate of drug-likeness (QED) is 0.158. The van der Waals surface area contributed by atoms with Gasteiger partial charge >= 0.3 is 0 Å². The van der Waals surface area contributed by atoms with Crippen molar-refractivity contribution in [1.82, 2.24) is 19.9 Å². The summed E-state index contributed by atoms with van der Waals surface area (Å²) < 4.78 is 0. The molecule has 0 N–H and O–H groups in total. The first-order valence-electron chi connectivity index (χ1n) is 18.8. The molecule has 0 bridgehead atoms. The number of benzene rings is 5. The van der Waals surface area contributed by atoms with Gasteiger partial charge in [0.25, 0.3) is 0 Å². The van der Waals surface area contributed by atoms with Crippen LogP contribution in [0.2, 0.25) is 0 Å². The molecule has 4 heteroatoms. The van der Waals surface area contributed by atoms with Gasteiger partial charge < -0.3 is 0 Å². The number of nitrogens with zero attached hydrogens (tertiary/aromatic N) is 4. The van der Waals surface area contributed by atoms with E-state index < -0.39 is 5.41 Å². The Kier molecular flexibility index (Phi) is 8.15. The highest BCUT2D eigenvalue weighted by molar-refractivity contribution is 6.05. The Morgan fingerprint density at radius 2 is 1.04 bits per heavy atom. The molecule has 55 heavy (non-hydrogen) atoms. The van der Waals surface area contributed by atoms with E-state index >= 15 is 0 Å². The molecule has 0 atom stereocenters. The molecular weight excluding hydrogens is 669 g/mol. The Hall–Kier alpha value is -7.04. The third-order valence-electron chi connectivity index (χ3n) is 11.0. The Bertz CT molecular complexity index is 2740. The van der Waals surface area contributed by atoms with Gasteiger partial charge in [0.2, 0.25) is 0 Å². The molecule has 1 aliphatic carbocycles. The average molecular weight is 705 g/mol. The van der Waals surface area contributed by atoms with Gasteiger partial charge in [0.15, 0.2) is 0 Å². The molecule has 0 saturated heterocycles. The van der Waals surface area contributed by atoms with Crippen molar-refractivity contribution >= 4 is 10.8 Å². The van der Waals surface area contributed by atoms with Crippen LogP contribution in [-0.2, 0) is 18.3 Å². The maximum absolute atomic E-state index is 5.07. The van der Waals surface area contributed by atoms with Crippen LogP contribution < -0.4 is 0 Å². The molecule has 4 heterocycles. The SMILES string of the molecule is c1ccc(C2(c3ccccc3)c3cc(Cc4cccc(-c5ccccn5)n4)ccc3-c3c2cc(Cc2ccc(-c4ccccn4)nc2)c2ccccc32)cc1. The van der Waals surface area contributed by atoms with Gasteiger partial charge in [-0.3, -0.25) is 19.9 Å². The van der Waals surface area contributed by atoms with E-state index in [1.54, 1.807) is 0 Å². The standard InChI is InChI=1S/C51H36N4/c1-3-14-38(15-4-1)51(39-16-5-2-6-17-39)44-32-35(31-40-18-13-23-49(55-40)47-22-10-12-29-53-47)24-26-43(44)50-42-20-8-7-19-41(42)37(33-45(50)51)30-36-25-27-48(54-34-36)46-21-9-11-28-52-46/h1-29,32-34H,30-31H2. The molecule has 1 aliphatic rings. The van der Waals surface area contributed by atoms with E-state index in [0.717, 1.165) is 40.5 Å². The van der Waals surface area contributed by atoms with Crippen molar-refractivity contribution in [2.75, 3.05) is 0 Å². The molecule has 0 spiro atoms. The van der Waals surface area contributed by atoms with Crippen molar-refractivity contribution in [1.29, 1.82) is 0 Å². The molecule has 0 radical (unpaired) electrons. The van der Waals surface area contributed by atoms with E-state index in [1.165, 1.54) is 55.3 Å². The summed E-state index contributed by atoms with van der Waals surface area (Å²) in [5.41, 5.74) is 15.3. The Morgan fingerprint density at radius 1 is 0.418 bits per heavy atom. The van der Waals surface area contributed by atoms with Gasteiger partial charge in [0.1, 0.15) is 0 Å². The zero-order chi connectivity index (χ0) is 36.6. The average Bonchev–Trinajstić information content (AvgIpc) is 3.55. The summed E-state index contributed by atoms with van der Waals surface area (Å²) in [6, 6.07) is 63.0. The first-order valence-corrected chi connectivity index (χ1v) is 18.8. The minimum atomic E-state index is -0.549. The van der Waals surface area contributed by atoms with Crippen LogP contribution >= 0.6 is 0 Å².